The quantitative estimate of drug-likeness (QED) is 0.136. The summed E-state index contributed by atoms with van der Waals surface area (Å²) in [7, 11) is 1.98. The average molecular weight is 693 g/mol. The van der Waals surface area contributed by atoms with Crippen molar-refractivity contribution in [2.24, 2.45) is 5.92 Å². The van der Waals surface area contributed by atoms with E-state index in [2.05, 4.69) is 20.5 Å². The lowest BCUT2D eigenvalue weighted by molar-refractivity contribution is 0.0343. The zero-order valence-corrected chi connectivity index (χ0v) is 28.9. The highest BCUT2D eigenvalue weighted by Crippen LogP contribution is 2.36. The predicted octanol–water partition coefficient (Wildman–Crippen LogP) is 5.74. The number of para-hydroxylation sites is 4. The molecular formula is C38H40N6O5S. The Kier molecular flexibility index (Phi) is 10.4. The molecule has 1 aromatic heterocycles. The maximum atomic E-state index is 13.9. The minimum absolute atomic E-state index is 0.131. The Morgan fingerprint density at radius 3 is 2.44 bits per heavy atom. The molecule has 5 aromatic rings. The van der Waals surface area contributed by atoms with E-state index >= 15 is 0 Å². The Bertz CT molecular complexity index is 1980. The molecule has 50 heavy (non-hydrogen) atoms. The van der Waals surface area contributed by atoms with Gasteiger partial charge in [-0.3, -0.25) is 19.3 Å². The van der Waals surface area contributed by atoms with Gasteiger partial charge in [0, 0.05) is 31.1 Å². The van der Waals surface area contributed by atoms with Crippen molar-refractivity contribution in [3.63, 3.8) is 0 Å². The van der Waals surface area contributed by atoms with E-state index in [1.807, 2.05) is 69.4 Å². The second-order valence-corrected chi connectivity index (χ2v) is 13.7. The van der Waals surface area contributed by atoms with Crippen molar-refractivity contribution in [2.45, 2.75) is 32.5 Å². The van der Waals surface area contributed by atoms with Crippen LogP contribution in [0.3, 0.4) is 0 Å². The van der Waals surface area contributed by atoms with E-state index in [4.69, 9.17) is 10.5 Å². The molecule has 12 heteroatoms. The highest BCUT2D eigenvalue weighted by Gasteiger charge is 2.35. The SMILES string of the molecule is C[C@H]1CN([C@@H](C)CO)C(=O)c2cccc(NC(=O)c3nc4ccccc4s3)c2O[C@H]1CN(C)Cc1ccc(C(=O)Nc2ccccc2N)cc1. The Balaban J connectivity index is 1.21. The van der Waals surface area contributed by atoms with Crippen LogP contribution in [0.25, 0.3) is 10.2 Å². The molecule has 0 fully saturated rings. The number of ether oxygens (including phenoxy) is 1. The molecule has 11 nitrogen and oxygen atoms in total. The number of likely N-dealkylation sites (N-methyl/N-ethyl adjacent to an activating group) is 1. The van der Waals surface area contributed by atoms with Crippen LogP contribution >= 0.6 is 11.3 Å². The number of carbonyl (C=O) groups is 3. The summed E-state index contributed by atoms with van der Waals surface area (Å²) in [5.41, 5.74) is 9.94. The topological polar surface area (TPSA) is 150 Å². The number of thiazole rings is 1. The lowest BCUT2D eigenvalue weighted by atomic mass is 9.98. The van der Waals surface area contributed by atoms with Crippen LogP contribution in [0.5, 0.6) is 5.75 Å². The van der Waals surface area contributed by atoms with Gasteiger partial charge in [-0.1, -0.05) is 49.4 Å². The van der Waals surface area contributed by atoms with Gasteiger partial charge in [-0.05, 0) is 68.1 Å². The number of hydrogen-bond acceptors (Lipinski definition) is 9. The van der Waals surface area contributed by atoms with Crippen molar-refractivity contribution in [3.05, 3.63) is 113 Å². The average Bonchev–Trinajstić information content (AvgIpc) is 3.56. The Morgan fingerprint density at radius 2 is 1.70 bits per heavy atom. The first kappa shape index (κ1) is 34.6. The van der Waals surface area contributed by atoms with Gasteiger partial charge in [0.1, 0.15) is 6.10 Å². The third-order valence-corrected chi connectivity index (χ3v) is 9.83. The maximum Gasteiger partial charge on any atom is 0.284 e. The van der Waals surface area contributed by atoms with Crippen molar-refractivity contribution >= 4 is 56.3 Å². The molecule has 3 amide bonds. The van der Waals surface area contributed by atoms with Crippen molar-refractivity contribution in [3.8, 4) is 5.75 Å². The third-order valence-electron chi connectivity index (χ3n) is 8.80. The molecule has 2 heterocycles. The molecule has 5 N–H and O–H groups in total. The number of fused-ring (bicyclic) bond motifs is 2. The van der Waals surface area contributed by atoms with Crippen molar-refractivity contribution in [2.75, 3.05) is 43.1 Å². The summed E-state index contributed by atoms with van der Waals surface area (Å²) in [5.74, 6) is -0.783. The summed E-state index contributed by atoms with van der Waals surface area (Å²) in [6.07, 6.45) is -0.387. The summed E-state index contributed by atoms with van der Waals surface area (Å²) >= 11 is 1.29. The zero-order valence-electron chi connectivity index (χ0n) is 28.1. The molecule has 4 aromatic carbocycles. The van der Waals surface area contributed by atoms with E-state index < -0.39 is 11.9 Å². The van der Waals surface area contributed by atoms with Crippen LogP contribution < -0.4 is 21.1 Å². The lowest BCUT2D eigenvalue weighted by Gasteiger charge is -2.38. The molecule has 6 rings (SSSR count). The molecule has 1 aliphatic rings. The van der Waals surface area contributed by atoms with Gasteiger partial charge in [0.05, 0.1) is 45.5 Å². The summed E-state index contributed by atoms with van der Waals surface area (Å²) < 4.78 is 7.58. The van der Waals surface area contributed by atoms with Gasteiger partial charge in [-0.15, -0.1) is 11.3 Å². The Labute approximate surface area is 294 Å². The van der Waals surface area contributed by atoms with Crippen LogP contribution in [-0.4, -0.2) is 76.5 Å². The number of nitrogens with two attached hydrogens (primary N) is 1. The smallest absolute Gasteiger partial charge is 0.284 e. The minimum atomic E-state index is -0.427. The molecule has 0 unspecified atom stereocenters. The van der Waals surface area contributed by atoms with Gasteiger partial charge in [0.25, 0.3) is 17.7 Å². The molecule has 0 bridgehead atoms. The number of nitrogens with one attached hydrogen (secondary N) is 2. The van der Waals surface area contributed by atoms with Crippen LogP contribution in [0, 0.1) is 5.92 Å². The number of anilines is 3. The Hall–Kier alpha value is -5.30. The number of aliphatic hydroxyl groups is 1. The van der Waals surface area contributed by atoms with Crippen LogP contribution in [0.4, 0.5) is 17.1 Å². The summed E-state index contributed by atoms with van der Waals surface area (Å²) in [6, 6.07) is 26.7. The van der Waals surface area contributed by atoms with Crippen LogP contribution in [0.15, 0.2) is 91.0 Å². The molecule has 3 atom stereocenters. The maximum absolute atomic E-state index is 13.9. The van der Waals surface area contributed by atoms with Gasteiger partial charge in [0.2, 0.25) is 0 Å². The fourth-order valence-corrected chi connectivity index (χ4v) is 6.82. The number of aromatic nitrogens is 1. The summed E-state index contributed by atoms with van der Waals surface area (Å²) in [6.45, 7) is 5.06. The number of benzene rings is 4. The molecule has 0 aliphatic carbocycles. The predicted molar refractivity (Wildman–Crippen MR) is 197 cm³/mol. The van der Waals surface area contributed by atoms with E-state index in [0.717, 1.165) is 15.8 Å². The number of hydrogen-bond donors (Lipinski definition) is 4. The largest absolute Gasteiger partial charge is 0.486 e. The number of rotatable bonds is 10. The number of nitrogen functional groups attached to an aromatic ring is 1. The van der Waals surface area contributed by atoms with Gasteiger partial charge in [-0.2, -0.15) is 0 Å². The summed E-state index contributed by atoms with van der Waals surface area (Å²) in [4.78, 5) is 48.4. The molecular weight excluding hydrogens is 653 g/mol. The molecule has 0 saturated heterocycles. The normalized spacial score (nSPS) is 16.7. The minimum Gasteiger partial charge on any atom is -0.486 e. The number of carbonyl (C=O) groups excluding carboxylic acids is 3. The summed E-state index contributed by atoms with van der Waals surface area (Å²) in [5, 5.41) is 16.1. The van der Waals surface area contributed by atoms with Crippen molar-refractivity contribution < 1.29 is 24.2 Å². The highest BCUT2D eigenvalue weighted by atomic mass is 32.1. The molecule has 0 spiro atoms. The molecule has 1 aliphatic heterocycles. The Morgan fingerprint density at radius 1 is 1.00 bits per heavy atom. The van der Waals surface area contributed by atoms with E-state index in [9.17, 15) is 19.5 Å². The second-order valence-electron chi connectivity index (χ2n) is 12.7. The first-order chi connectivity index (χ1) is 24.1. The van der Waals surface area contributed by atoms with Crippen LogP contribution in [0.1, 0.15) is 49.9 Å². The van der Waals surface area contributed by atoms with Crippen LogP contribution in [-0.2, 0) is 6.54 Å². The number of amides is 3. The lowest BCUT2D eigenvalue weighted by Crippen LogP contribution is -2.49. The van der Waals surface area contributed by atoms with Crippen molar-refractivity contribution in [1.82, 2.24) is 14.8 Å². The fraction of sp³-hybridized carbons (Fsp3) is 0.263. The van der Waals surface area contributed by atoms with Crippen LogP contribution in [0.2, 0.25) is 0 Å². The van der Waals surface area contributed by atoms with E-state index in [-0.39, 0.29) is 36.2 Å². The second kappa shape index (κ2) is 15.1. The number of nitrogens with zero attached hydrogens (tertiary/aromatic N) is 3. The highest BCUT2D eigenvalue weighted by molar-refractivity contribution is 7.20. The van der Waals surface area contributed by atoms with Crippen molar-refractivity contribution in [1.29, 1.82) is 0 Å². The van der Waals surface area contributed by atoms with E-state index in [1.165, 1.54) is 11.3 Å². The molecule has 0 saturated carbocycles. The first-order valence-corrected chi connectivity index (χ1v) is 17.2. The van der Waals surface area contributed by atoms with Gasteiger partial charge in [0.15, 0.2) is 10.8 Å². The molecule has 258 valence electrons. The number of aliphatic hydroxyl groups excluding tert-OH is 1. The van der Waals surface area contributed by atoms with Gasteiger partial charge >= 0.3 is 0 Å². The standard InChI is InChI=1S/C38H40N6O5S/c1-23-19-44(24(2)22-45)38(48)27-9-8-13-31(41-36(47)37-42-30-12-6-7-14-33(30)50-37)34(27)49-32(23)21-43(3)20-25-15-17-26(18-16-25)35(46)40-29-11-5-4-10-28(29)39/h4-18,23-24,32,45H,19-22,39H2,1-3H3,(H,40,46)(H,41,47)/t23-,24-,32-/m0/s1. The first-order valence-electron chi connectivity index (χ1n) is 16.4. The van der Waals surface area contributed by atoms with E-state index in [0.29, 0.717) is 52.8 Å². The van der Waals surface area contributed by atoms with Gasteiger partial charge < -0.3 is 31.1 Å². The zero-order chi connectivity index (χ0) is 35.4. The fourth-order valence-electron chi connectivity index (χ4n) is 5.96. The monoisotopic (exact) mass is 692 g/mol. The third kappa shape index (κ3) is 7.62. The molecule has 0 radical (unpaired) electrons. The van der Waals surface area contributed by atoms with Gasteiger partial charge in [-0.25, -0.2) is 4.98 Å². The van der Waals surface area contributed by atoms with E-state index in [1.54, 1.807) is 47.4 Å².